The maximum Gasteiger partial charge on any atom is 0.339 e. The summed E-state index contributed by atoms with van der Waals surface area (Å²) >= 11 is 0. The monoisotopic (exact) mass is 655 g/mol. The van der Waals surface area contributed by atoms with E-state index in [4.69, 9.17) is 13.7 Å². The van der Waals surface area contributed by atoms with Crippen LogP contribution in [0.2, 0.25) is 0 Å². The van der Waals surface area contributed by atoms with Crippen LogP contribution in [-0.4, -0.2) is 45.8 Å². The van der Waals surface area contributed by atoms with E-state index < -0.39 is 25.1 Å². The van der Waals surface area contributed by atoms with Crippen molar-refractivity contribution in [3.05, 3.63) is 90.0 Å². The fraction of sp³-hybridized carbons (Fsp3) is 0.333. The summed E-state index contributed by atoms with van der Waals surface area (Å²) in [7, 11) is -9.47. The molecular formula is C36H31O8S2-. The molecule has 4 aliphatic heterocycles. The maximum atomic E-state index is 15.1. The summed E-state index contributed by atoms with van der Waals surface area (Å²) < 4.78 is 86.8. The Kier molecular flexibility index (Phi) is 6.37. The highest BCUT2D eigenvalue weighted by molar-refractivity contribution is 7.87. The van der Waals surface area contributed by atoms with Crippen molar-refractivity contribution in [2.45, 2.75) is 84.6 Å². The molecule has 10 heteroatoms. The Labute approximate surface area is 267 Å². The van der Waals surface area contributed by atoms with Crippen LogP contribution in [0.1, 0.15) is 61.5 Å². The van der Waals surface area contributed by atoms with E-state index >= 15 is 8.42 Å². The minimum Gasteiger partial charge on any atom is -0.744 e. The molecule has 0 radical (unpaired) electrons. The summed E-state index contributed by atoms with van der Waals surface area (Å²) in [4.78, 5) is -0.226. The predicted octanol–water partition coefficient (Wildman–Crippen LogP) is 6.89. The van der Waals surface area contributed by atoms with Crippen molar-refractivity contribution in [1.82, 2.24) is 0 Å². The lowest BCUT2D eigenvalue weighted by Gasteiger charge is -2.29. The molecule has 4 heterocycles. The van der Waals surface area contributed by atoms with Crippen LogP contribution in [-0.2, 0) is 29.7 Å². The lowest BCUT2D eigenvalue weighted by atomic mass is 9.77. The van der Waals surface area contributed by atoms with E-state index in [-0.39, 0.29) is 68.4 Å². The lowest BCUT2D eigenvalue weighted by molar-refractivity contribution is 0.0999. The molecule has 0 N–H and O–H groups in total. The van der Waals surface area contributed by atoms with E-state index in [1.807, 2.05) is 30.3 Å². The molecular weight excluding hydrogens is 625 g/mol. The fourth-order valence-electron chi connectivity index (χ4n) is 8.77. The maximum absolute atomic E-state index is 15.1. The molecule has 0 spiro atoms. The summed E-state index contributed by atoms with van der Waals surface area (Å²) in [6.45, 7) is 0. The molecule has 8 nitrogen and oxygen atoms in total. The van der Waals surface area contributed by atoms with Crippen LogP contribution >= 0.6 is 0 Å². The van der Waals surface area contributed by atoms with Gasteiger partial charge in [0.2, 0.25) is 0 Å². The van der Waals surface area contributed by atoms with Gasteiger partial charge in [0, 0.05) is 33.4 Å². The van der Waals surface area contributed by atoms with Crippen molar-refractivity contribution < 1.29 is 35.0 Å². The van der Waals surface area contributed by atoms with Crippen LogP contribution in [0, 0.1) is 0 Å². The van der Waals surface area contributed by atoms with Gasteiger partial charge in [-0.3, -0.25) is 0 Å². The van der Waals surface area contributed by atoms with Crippen molar-refractivity contribution in [2.75, 3.05) is 0 Å². The second-order valence-electron chi connectivity index (χ2n) is 13.1. The van der Waals surface area contributed by atoms with Gasteiger partial charge in [-0.1, -0.05) is 72.8 Å². The van der Waals surface area contributed by atoms with E-state index in [0.29, 0.717) is 5.56 Å². The summed E-state index contributed by atoms with van der Waals surface area (Å²) in [5, 5.41) is 2.52. The number of hydrogen-bond acceptors (Lipinski definition) is 8. The fourth-order valence-corrected chi connectivity index (χ4v) is 11.2. The topological polar surface area (TPSA) is 119 Å². The molecule has 9 rings (SSSR count). The van der Waals surface area contributed by atoms with Gasteiger partial charge in [0.15, 0.2) is 5.75 Å². The zero-order valence-corrected chi connectivity index (χ0v) is 26.4. The highest BCUT2D eigenvalue weighted by Crippen LogP contribution is 2.53. The third-order valence-electron chi connectivity index (χ3n) is 10.6. The Bertz CT molecular complexity index is 2240. The van der Waals surface area contributed by atoms with Gasteiger partial charge < -0.3 is 18.2 Å². The van der Waals surface area contributed by atoms with Crippen LogP contribution in [0.5, 0.6) is 5.75 Å². The average Bonchev–Trinajstić information content (AvgIpc) is 3.86. The minimum absolute atomic E-state index is 0.00274. The predicted molar refractivity (Wildman–Crippen MR) is 172 cm³/mol. The first-order valence-electron chi connectivity index (χ1n) is 15.9. The van der Waals surface area contributed by atoms with Crippen LogP contribution in [0.15, 0.2) is 88.7 Å². The minimum atomic E-state index is -4.92. The largest absolute Gasteiger partial charge is 0.744 e. The summed E-state index contributed by atoms with van der Waals surface area (Å²) in [6.07, 6.45) is 5.16. The van der Waals surface area contributed by atoms with Gasteiger partial charge in [0.25, 0.3) is 0 Å². The van der Waals surface area contributed by atoms with Crippen LogP contribution in [0.25, 0.3) is 32.3 Å². The highest BCUT2D eigenvalue weighted by Gasteiger charge is 2.48. The number of rotatable bonds is 6. The Morgan fingerprint density at radius 1 is 0.630 bits per heavy atom. The van der Waals surface area contributed by atoms with Gasteiger partial charge in [-0.05, 0) is 66.5 Å². The normalized spacial score (nSPS) is 27.3. The Morgan fingerprint density at radius 2 is 1.15 bits per heavy atom. The molecule has 4 bridgehead atoms. The standard InChI is InChI=1S/C36H32O8S2/c37-45(38,39)35-26-11-5-3-9-24(26)34(25-10-4-6-12-27(25)35)44-46(40,41)36-29(28-18-21-13-15-31(28)42-21)17-20-7-1-2-8-23(20)33(36)30-19-22-14-16-32(30)43-22/h1-12,17,21-22,28,30-32H,13-16,18-19H2,(H,37,38,39)/p-1. The van der Waals surface area contributed by atoms with Crippen LogP contribution < -0.4 is 4.18 Å². The Hall–Kier alpha value is -3.54. The number of benzene rings is 5. The van der Waals surface area contributed by atoms with Crippen LogP contribution in [0.4, 0.5) is 0 Å². The number of hydrogen-bond donors (Lipinski definition) is 0. The second kappa shape index (κ2) is 10.2. The van der Waals surface area contributed by atoms with Crippen molar-refractivity contribution >= 4 is 52.6 Å². The number of fused-ring (bicyclic) bond motifs is 7. The lowest BCUT2D eigenvalue weighted by Crippen LogP contribution is -2.25. The van der Waals surface area contributed by atoms with Crippen LogP contribution in [0.3, 0.4) is 0 Å². The van der Waals surface area contributed by atoms with Crippen molar-refractivity contribution in [3.63, 3.8) is 0 Å². The molecule has 0 saturated carbocycles. The molecule has 5 aromatic carbocycles. The Morgan fingerprint density at radius 3 is 1.67 bits per heavy atom. The van der Waals surface area contributed by atoms with E-state index in [2.05, 4.69) is 0 Å². The molecule has 6 unspecified atom stereocenters. The van der Waals surface area contributed by atoms with Gasteiger partial charge in [0.1, 0.15) is 15.0 Å². The molecule has 4 saturated heterocycles. The quantitative estimate of drug-likeness (QED) is 0.110. The zero-order valence-electron chi connectivity index (χ0n) is 24.8. The summed E-state index contributed by atoms with van der Waals surface area (Å²) in [6, 6.07) is 22.7. The van der Waals surface area contributed by atoms with Gasteiger partial charge >= 0.3 is 10.1 Å². The van der Waals surface area contributed by atoms with E-state index in [1.54, 1.807) is 36.4 Å². The third kappa shape index (κ3) is 4.34. The molecule has 0 amide bonds. The second-order valence-corrected chi connectivity index (χ2v) is 15.9. The Balaban J connectivity index is 1.32. The average molecular weight is 656 g/mol. The molecule has 4 fully saturated rings. The van der Waals surface area contributed by atoms with E-state index in [9.17, 15) is 13.0 Å². The molecule has 4 aliphatic rings. The highest BCUT2D eigenvalue weighted by atomic mass is 32.2. The van der Waals surface area contributed by atoms with Gasteiger partial charge in [-0.25, -0.2) is 8.42 Å². The van der Waals surface area contributed by atoms with Gasteiger partial charge in [-0.15, -0.1) is 0 Å². The first kappa shape index (κ1) is 28.7. The summed E-state index contributed by atoms with van der Waals surface area (Å²) in [5.41, 5.74) is 1.44. The SMILES string of the molecule is O=S(=O)([O-])c1c2ccccc2c(OS(=O)(=O)c2c(C3CC4CCC3O4)cc3ccccc3c2C2CC3CCC2O3)c2ccccc12. The van der Waals surface area contributed by atoms with E-state index in [0.717, 1.165) is 54.9 Å². The van der Waals surface area contributed by atoms with Crippen molar-refractivity contribution in [3.8, 4) is 5.75 Å². The smallest absolute Gasteiger partial charge is 0.339 e. The molecule has 5 aromatic rings. The zero-order chi connectivity index (χ0) is 31.4. The molecule has 236 valence electrons. The molecule has 0 aliphatic carbocycles. The van der Waals surface area contributed by atoms with E-state index in [1.165, 1.54) is 12.1 Å². The molecule has 6 atom stereocenters. The van der Waals surface area contributed by atoms with Crippen molar-refractivity contribution in [1.29, 1.82) is 0 Å². The third-order valence-corrected chi connectivity index (χ3v) is 12.9. The molecule has 46 heavy (non-hydrogen) atoms. The van der Waals surface area contributed by atoms with Gasteiger partial charge in [0.05, 0.1) is 29.3 Å². The first-order valence-corrected chi connectivity index (χ1v) is 18.7. The van der Waals surface area contributed by atoms with Crippen molar-refractivity contribution in [2.24, 2.45) is 0 Å². The first-order chi connectivity index (χ1) is 22.2. The summed E-state index contributed by atoms with van der Waals surface area (Å²) in [5.74, 6) is -0.244. The molecule has 0 aromatic heterocycles. The van der Waals surface area contributed by atoms with Gasteiger partial charge in [-0.2, -0.15) is 8.42 Å². The number of ether oxygens (including phenoxy) is 2.